The second kappa shape index (κ2) is 7.69. The van der Waals surface area contributed by atoms with Crippen LogP contribution in [0, 0.1) is 0 Å². The molecule has 1 amide bonds. The molecule has 3 N–H and O–H groups in total. The highest BCUT2D eigenvalue weighted by molar-refractivity contribution is 7.08. The molecule has 2 atom stereocenters. The lowest BCUT2D eigenvalue weighted by Gasteiger charge is -2.31. The molecule has 0 bridgehead atoms. The highest BCUT2D eigenvalue weighted by Crippen LogP contribution is 2.20. The molecule has 3 heterocycles. The van der Waals surface area contributed by atoms with Gasteiger partial charge in [0.25, 0.3) is 5.91 Å². The molecule has 0 aliphatic carbocycles. The summed E-state index contributed by atoms with van der Waals surface area (Å²) in [4.78, 5) is 12.4. The second-order valence-corrected chi connectivity index (χ2v) is 6.04. The predicted octanol–water partition coefficient (Wildman–Crippen LogP) is 1.03. The highest BCUT2D eigenvalue weighted by Gasteiger charge is 2.28. The predicted molar refractivity (Wildman–Crippen MR) is 85.4 cm³/mol. The summed E-state index contributed by atoms with van der Waals surface area (Å²) in [6.45, 7) is 1.16. The summed E-state index contributed by atoms with van der Waals surface area (Å²) in [6.07, 6.45) is 0.423. The van der Waals surface area contributed by atoms with E-state index in [1.165, 1.54) is 0 Å². The lowest BCUT2D eigenvalue weighted by molar-refractivity contribution is -0.0737. The fourth-order valence-corrected chi connectivity index (χ4v) is 3.14. The van der Waals surface area contributed by atoms with E-state index >= 15 is 0 Å². The Labute approximate surface area is 137 Å². The molecule has 1 aliphatic heterocycles. The van der Waals surface area contributed by atoms with Crippen LogP contribution in [0.25, 0.3) is 11.3 Å². The highest BCUT2D eigenvalue weighted by atomic mass is 32.1. The number of aliphatic hydroxyl groups is 1. The van der Waals surface area contributed by atoms with Crippen LogP contribution < -0.4 is 5.32 Å². The van der Waals surface area contributed by atoms with Crippen LogP contribution in [0.4, 0.5) is 0 Å². The van der Waals surface area contributed by atoms with Gasteiger partial charge in [-0.1, -0.05) is 0 Å². The summed E-state index contributed by atoms with van der Waals surface area (Å²) in [6, 6.07) is 3.55. The molecular weight excluding hydrogens is 318 g/mol. The number of carbonyl (C=O) groups is 1. The molecule has 0 saturated carbocycles. The molecule has 2 aromatic rings. The quantitative estimate of drug-likeness (QED) is 0.732. The molecule has 2 aromatic heterocycles. The Balaban J connectivity index is 1.63. The van der Waals surface area contributed by atoms with Gasteiger partial charge in [-0.2, -0.15) is 16.4 Å². The van der Waals surface area contributed by atoms with E-state index in [9.17, 15) is 4.79 Å². The number of amides is 1. The lowest BCUT2D eigenvalue weighted by atomic mass is 10.1. The Hall–Kier alpha value is -1.74. The summed E-state index contributed by atoms with van der Waals surface area (Å²) >= 11 is 1.58. The number of aromatic nitrogens is 2. The Morgan fingerprint density at radius 2 is 2.52 bits per heavy atom. The summed E-state index contributed by atoms with van der Waals surface area (Å²) in [7, 11) is 0. The van der Waals surface area contributed by atoms with E-state index in [1.807, 2.05) is 16.8 Å². The molecule has 124 valence electrons. The van der Waals surface area contributed by atoms with Crippen LogP contribution in [0.15, 0.2) is 22.9 Å². The van der Waals surface area contributed by atoms with Crippen molar-refractivity contribution in [3.05, 3.63) is 28.6 Å². The number of hydrogen-bond acceptors (Lipinski definition) is 6. The van der Waals surface area contributed by atoms with E-state index in [0.29, 0.717) is 25.3 Å². The molecular formula is C15H19N3O4S. The number of nitrogens with one attached hydrogen (secondary N) is 2. The van der Waals surface area contributed by atoms with Gasteiger partial charge >= 0.3 is 0 Å². The van der Waals surface area contributed by atoms with Gasteiger partial charge in [-0.25, -0.2) is 0 Å². The molecule has 1 aliphatic rings. The van der Waals surface area contributed by atoms with Crippen LogP contribution in [0.2, 0.25) is 0 Å². The summed E-state index contributed by atoms with van der Waals surface area (Å²) in [5, 5.41) is 22.7. The number of carbonyl (C=O) groups excluding carboxylic acids is 1. The second-order valence-electron chi connectivity index (χ2n) is 5.26. The summed E-state index contributed by atoms with van der Waals surface area (Å²) < 4.78 is 10.9. The van der Waals surface area contributed by atoms with Gasteiger partial charge < -0.3 is 19.9 Å². The Kier molecular flexibility index (Phi) is 5.39. The van der Waals surface area contributed by atoms with Gasteiger partial charge in [0, 0.05) is 17.6 Å². The normalized spacial score (nSPS) is 21.3. The molecule has 23 heavy (non-hydrogen) atoms. The Bertz CT molecular complexity index is 628. The summed E-state index contributed by atoms with van der Waals surface area (Å²) in [5.74, 6) is -0.219. The number of nitrogens with zero attached hydrogens (tertiary/aromatic N) is 1. The van der Waals surface area contributed by atoms with Gasteiger partial charge in [-0.05, 0) is 23.9 Å². The minimum absolute atomic E-state index is 0.0539. The number of rotatable bonds is 6. The van der Waals surface area contributed by atoms with Crippen molar-refractivity contribution in [2.24, 2.45) is 0 Å². The Morgan fingerprint density at radius 1 is 1.61 bits per heavy atom. The number of thiophene rings is 1. The van der Waals surface area contributed by atoms with E-state index in [1.54, 1.807) is 17.4 Å². The molecule has 1 saturated heterocycles. The van der Waals surface area contributed by atoms with Gasteiger partial charge in [0.15, 0.2) is 0 Å². The third kappa shape index (κ3) is 3.97. The van der Waals surface area contributed by atoms with Gasteiger partial charge in [-0.15, -0.1) is 0 Å². The van der Waals surface area contributed by atoms with Crippen molar-refractivity contribution in [2.75, 3.05) is 26.4 Å². The smallest absolute Gasteiger partial charge is 0.269 e. The zero-order chi connectivity index (χ0) is 16.1. The first-order chi connectivity index (χ1) is 11.3. The van der Waals surface area contributed by atoms with Gasteiger partial charge in [0.1, 0.15) is 11.8 Å². The van der Waals surface area contributed by atoms with Crippen LogP contribution in [0.3, 0.4) is 0 Å². The van der Waals surface area contributed by atoms with E-state index in [2.05, 4.69) is 15.5 Å². The van der Waals surface area contributed by atoms with Gasteiger partial charge in [0.2, 0.25) is 0 Å². The van der Waals surface area contributed by atoms with Gasteiger partial charge in [-0.3, -0.25) is 9.89 Å². The number of H-pyrrole nitrogens is 1. The Morgan fingerprint density at radius 3 is 3.30 bits per heavy atom. The largest absolute Gasteiger partial charge is 0.394 e. The first kappa shape index (κ1) is 16.1. The molecule has 0 aromatic carbocycles. The first-order valence-electron chi connectivity index (χ1n) is 7.47. The number of ether oxygens (including phenoxy) is 2. The maximum Gasteiger partial charge on any atom is 0.269 e. The zero-order valence-electron chi connectivity index (χ0n) is 12.5. The van der Waals surface area contributed by atoms with Crippen molar-refractivity contribution in [1.29, 1.82) is 0 Å². The minimum Gasteiger partial charge on any atom is -0.394 e. The number of aliphatic hydroxyl groups excluding tert-OH is 1. The monoisotopic (exact) mass is 337 g/mol. The molecule has 0 radical (unpaired) electrons. The molecule has 2 unspecified atom stereocenters. The van der Waals surface area contributed by atoms with Crippen LogP contribution in [0.5, 0.6) is 0 Å². The SMILES string of the molecule is O=C(NC1CCOCC1OCCO)c1cc(-c2ccsc2)n[nH]1. The van der Waals surface area contributed by atoms with Crippen LogP contribution in [-0.2, 0) is 9.47 Å². The van der Waals surface area contributed by atoms with Crippen LogP contribution in [-0.4, -0.2) is 59.8 Å². The van der Waals surface area contributed by atoms with E-state index in [0.717, 1.165) is 11.3 Å². The van der Waals surface area contributed by atoms with Crippen molar-refractivity contribution in [3.63, 3.8) is 0 Å². The van der Waals surface area contributed by atoms with E-state index in [4.69, 9.17) is 14.6 Å². The maximum atomic E-state index is 12.4. The van der Waals surface area contributed by atoms with Gasteiger partial charge in [0.05, 0.1) is 31.6 Å². The average Bonchev–Trinajstić information content (AvgIpc) is 3.24. The number of hydrogen-bond donors (Lipinski definition) is 3. The summed E-state index contributed by atoms with van der Waals surface area (Å²) in [5.41, 5.74) is 2.15. The van der Waals surface area contributed by atoms with Crippen LogP contribution in [0.1, 0.15) is 16.9 Å². The van der Waals surface area contributed by atoms with Crippen molar-refractivity contribution in [1.82, 2.24) is 15.5 Å². The van der Waals surface area contributed by atoms with Crippen LogP contribution >= 0.6 is 11.3 Å². The maximum absolute atomic E-state index is 12.4. The molecule has 0 spiro atoms. The topological polar surface area (TPSA) is 96.5 Å². The van der Waals surface area contributed by atoms with Crippen molar-refractivity contribution < 1.29 is 19.4 Å². The average molecular weight is 337 g/mol. The lowest BCUT2D eigenvalue weighted by Crippen LogP contribution is -2.50. The van der Waals surface area contributed by atoms with E-state index in [-0.39, 0.29) is 31.3 Å². The van der Waals surface area contributed by atoms with Crippen molar-refractivity contribution in [3.8, 4) is 11.3 Å². The first-order valence-corrected chi connectivity index (χ1v) is 8.41. The fraction of sp³-hybridized carbons (Fsp3) is 0.467. The third-order valence-corrected chi connectivity index (χ3v) is 4.37. The standard InChI is InChI=1S/C15H19N3O4S/c19-3-5-22-14-8-21-4-1-11(14)16-15(20)13-7-12(17-18-13)10-2-6-23-9-10/h2,6-7,9,11,14,19H,1,3-5,8H2,(H,16,20)(H,17,18). The molecule has 8 heteroatoms. The molecule has 7 nitrogen and oxygen atoms in total. The van der Waals surface area contributed by atoms with Crippen molar-refractivity contribution >= 4 is 17.2 Å². The fourth-order valence-electron chi connectivity index (χ4n) is 2.49. The minimum atomic E-state index is -0.251. The zero-order valence-corrected chi connectivity index (χ0v) is 13.3. The number of aromatic amines is 1. The molecule has 1 fully saturated rings. The molecule has 3 rings (SSSR count). The van der Waals surface area contributed by atoms with Crippen molar-refractivity contribution in [2.45, 2.75) is 18.6 Å². The third-order valence-electron chi connectivity index (χ3n) is 3.68. The van der Waals surface area contributed by atoms with E-state index < -0.39 is 0 Å².